The molecule has 0 saturated carbocycles. The van der Waals surface area contributed by atoms with Gasteiger partial charge < -0.3 is 15.8 Å². The molecule has 7 heteroatoms. The van der Waals surface area contributed by atoms with E-state index in [4.69, 9.17) is 10.5 Å². The van der Waals surface area contributed by atoms with E-state index in [1.165, 1.54) is 6.07 Å². The molecule has 0 heterocycles. The van der Waals surface area contributed by atoms with Gasteiger partial charge in [0.2, 0.25) is 0 Å². The van der Waals surface area contributed by atoms with E-state index in [2.05, 4.69) is 5.32 Å². The summed E-state index contributed by atoms with van der Waals surface area (Å²) < 4.78 is 43.4. The lowest BCUT2D eigenvalue weighted by Gasteiger charge is -2.20. The molecule has 0 radical (unpaired) electrons. The quantitative estimate of drug-likeness (QED) is 0.877. The molecular weight excluding hydrogens is 285 g/mol. The van der Waals surface area contributed by atoms with Gasteiger partial charge in [-0.15, -0.1) is 0 Å². The van der Waals surface area contributed by atoms with E-state index >= 15 is 0 Å². The van der Waals surface area contributed by atoms with Crippen molar-refractivity contribution in [1.29, 1.82) is 0 Å². The van der Waals surface area contributed by atoms with Crippen LogP contribution in [0.4, 0.5) is 18.0 Å². The molecule has 1 aromatic rings. The minimum atomic E-state index is -4.54. The fourth-order valence-corrected chi connectivity index (χ4v) is 1.55. The number of hydrogen-bond acceptors (Lipinski definition) is 3. The highest BCUT2D eigenvalue weighted by Gasteiger charge is 2.32. The highest BCUT2D eigenvalue weighted by atomic mass is 19.4. The van der Waals surface area contributed by atoms with Crippen LogP contribution >= 0.6 is 0 Å². The molecule has 1 atom stereocenters. The van der Waals surface area contributed by atoms with Crippen LogP contribution in [0.3, 0.4) is 0 Å². The highest BCUT2D eigenvalue weighted by molar-refractivity contribution is 5.71. The maximum absolute atomic E-state index is 12.8. The van der Waals surface area contributed by atoms with Gasteiger partial charge in [0, 0.05) is 11.6 Å². The van der Waals surface area contributed by atoms with E-state index in [9.17, 15) is 18.0 Å². The van der Waals surface area contributed by atoms with Gasteiger partial charge in [-0.25, -0.2) is 4.79 Å². The van der Waals surface area contributed by atoms with Crippen LogP contribution in [-0.2, 0) is 6.18 Å². The molecule has 0 aliphatic carbocycles. The van der Waals surface area contributed by atoms with Crippen LogP contribution in [0.5, 0.6) is 5.75 Å². The SMILES string of the molecule is CC(N)c1cc(OC(=O)NC(C)(C)C)cc(C(F)(F)F)c1. The van der Waals surface area contributed by atoms with E-state index < -0.39 is 29.4 Å². The van der Waals surface area contributed by atoms with Crippen molar-refractivity contribution in [2.45, 2.75) is 45.5 Å². The van der Waals surface area contributed by atoms with Crippen LogP contribution in [0, 0.1) is 0 Å². The Kier molecular flexibility index (Phi) is 4.88. The number of ether oxygens (including phenoxy) is 1. The molecule has 1 amide bonds. The number of benzene rings is 1. The number of amides is 1. The van der Waals surface area contributed by atoms with Gasteiger partial charge in [-0.2, -0.15) is 13.2 Å². The topological polar surface area (TPSA) is 64.3 Å². The maximum atomic E-state index is 12.8. The largest absolute Gasteiger partial charge is 0.416 e. The second-order valence-electron chi connectivity index (χ2n) is 5.84. The zero-order valence-corrected chi connectivity index (χ0v) is 12.3. The number of nitrogens with two attached hydrogens (primary N) is 1. The first kappa shape index (κ1) is 17.3. The number of nitrogens with one attached hydrogen (secondary N) is 1. The zero-order valence-electron chi connectivity index (χ0n) is 12.3. The lowest BCUT2D eigenvalue weighted by molar-refractivity contribution is -0.137. The summed E-state index contributed by atoms with van der Waals surface area (Å²) in [5, 5.41) is 2.50. The fourth-order valence-electron chi connectivity index (χ4n) is 1.55. The summed E-state index contributed by atoms with van der Waals surface area (Å²) in [4.78, 5) is 11.6. The Hall–Kier alpha value is -1.76. The average Bonchev–Trinajstić information content (AvgIpc) is 2.24. The van der Waals surface area contributed by atoms with Crippen molar-refractivity contribution in [3.8, 4) is 5.75 Å². The molecule has 21 heavy (non-hydrogen) atoms. The molecule has 1 aromatic carbocycles. The monoisotopic (exact) mass is 304 g/mol. The van der Waals surface area contributed by atoms with Crippen molar-refractivity contribution in [2.75, 3.05) is 0 Å². The van der Waals surface area contributed by atoms with E-state index in [-0.39, 0.29) is 11.3 Å². The number of carbonyl (C=O) groups excluding carboxylic acids is 1. The first-order valence-electron chi connectivity index (χ1n) is 6.36. The summed E-state index contributed by atoms with van der Waals surface area (Å²) in [6, 6.07) is 2.43. The van der Waals surface area contributed by atoms with E-state index in [0.29, 0.717) is 0 Å². The van der Waals surface area contributed by atoms with Gasteiger partial charge in [-0.05, 0) is 51.5 Å². The molecule has 118 valence electrons. The van der Waals surface area contributed by atoms with Crippen molar-refractivity contribution >= 4 is 6.09 Å². The van der Waals surface area contributed by atoms with Crippen LogP contribution in [-0.4, -0.2) is 11.6 Å². The van der Waals surface area contributed by atoms with Crippen LogP contribution in [0.15, 0.2) is 18.2 Å². The minimum Gasteiger partial charge on any atom is -0.410 e. The molecular formula is C14H19F3N2O2. The Morgan fingerprint density at radius 2 is 1.81 bits per heavy atom. The van der Waals surface area contributed by atoms with Crippen LogP contribution in [0.1, 0.15) is 44.9 Å². The lowest BCUT2D eigenvalue weighted by Crippen LogP contribution is -2.42. The molecule has 0 bridgehead atoms. The van der Waals surface area contributed by atoms with Crippen molar-refractivity contribution in [3.63, 3.8) is 0 Å². The van der Waals surface area contributed by atoms with E-state index in [1.807, 2.05) is 0 Å². The van der Waals surface area contributed by atoms with Gasteiger partial charge >= 0.3 is 12.3 Å². The first-order valence-corrected chi connectivity index (χ1v) is 6.36. The van der Waals surface area contributed by atoms with Gasteiger partial charge in [0.25, 0.3) is 0 Å². The first-order chi connectivity index (χ1) is 9.38. The summed E-state index contributed by atoms with van der Waals surface area (Å²) in [5.41, 5.74) is 4.38. The number of rotatable bonds is 2. The van der Waals surface area contributed by atoms with Crippen molar-refractivity contribution in [3.05, 3.63) is 29.3 Å². The third-order valence-electron chi connectivity index (χ3n) is 2.47. The normalized spacial score (nSPS) is 13.7. The Morgan fingerprint density at radius 3 is 2.24 bits per heavy atom. The highest BCUT2D eigenvalue weighted by Crippen LogP contribution is 2.33. The zero-order chi connectivity index (χ0) is 16.4. The molecule has 0 aromatic heterocycles. The summed E-state index contributed by atoms with van der Waals surface area (Å²) in [5.74, 6) is -0.195. The molecule has 0 saturated heterocycles. The predicted molar refractivity (Wildman–Crippen MR) is 73.0 cm³/mol. The molecule has 1 unspecified atom stereocenters. The molecule has 0 aliphatic heterocycles. The molecule has 0 spiro atoms. The van der Waals surface area contributed by atoms with Crippen LogP contribution in [0.2, 0.25) is 0 Å². The van der Waals surface area contributed by atoms with Gasteiger partial charge in [0.05, 0.1) is 5.56 Å². The van der Waals surface area contributed by atoms with Gasteiger partial charge in [-0.3, -0.25) is 0 Å². The fraction of sp³-hybridized carbons (Fsp3) is 0.500. The van der Waals surface area contributed by atoms with Crippen molar-refractivity contribution in [1.82, 2.24) is 5.32 Å². The number of carbonyl (C=O) groups is 1. The standard InChI is InChI=1S/C14H19F3N2O2/c1-8(18)9-5-10(14(15,16)17)7-11(6-9)21-12(20)19-13(2,3)4/h5-8H,18H2,1-4H3,(H,19,20). The summed E-state index contributed by atoms with van der Waals surface area (Å²) in [6.07, 6.45) is -5.36. The van der Waals surface area contributed by atoms with Crippen molar-refractivity contribution < 1.29 is 22.7 Å². The maximum Gasteiger partial charge on any atom is 0.416 e. The number of hydrogen-bond donors (Lipinski definition) is 2. The Morgan fingerprint density at radius 1 is 1.24 bits per heavy atom. The summed E-state index contributed by atoms with van der Waals surface area (Å²) in [7, 11) is 0. The molecule has 0 aliphatic rings. The van der Waals surface area contributed by atoms with Crippen LogP contribution in [0.25, 0.3) is 0 Å². The Labute approximate surface area is 121 Å². The third kappa shape index (κ3) is 5.63. The predicted octanol–water partition coefficient (Wildman–Crippen LogP) is 3.61. The summed E-state index contributed by atoms with van der Waals surface area (Å²) >= 11 is 0. The second kappa shape index (κ2) is 5.93. The van der Waals surface area contributed by atoms with Crippen molar-refractivity contribution in [2.24, 2.45) is 5.73 Å². The summed E-state index contributed by atoms with van der Waals surface area (Å²) in [6.45, 7) is 6.74. The molecule has 0 fully saturated rings. The lowest BCUT2D eigenvalue weighted by atomic mass is 10.0. The van der Waals surface area contributed by atoms with Crippen LogP contribution < -0.4 is 15.8 Å². The molecule has 3 N–H and O–H groups in total. The number of alkyl halides is 3. The average molecular weight is 304 g/mol. The smallest absolute Gasteiger partial charge is 0.410 e. The Bertz CT molecular complexity index is 520. The van der Waals surface area contributed by atoms with Gasteiger partial charge in [0.1, 0.15) is 5.75 Å². The molecule has 1 rings (SSSR count). The Balaban J connectivity index is 3.07. The minimum absolute atomic E-state index is 0.195. The van der Waals surface area contributed by atoms with Gasteiger partial charge in [-0.1, -0.05) is 0 Å². The third-order valence-corrected chi connectivity index (χ3v) is 2.47. The molecule has 4 nitrogen and oxygen atoms in total. The second-order valence-corrected chi connectivity index (χ2v) is 5.84. The van der Waals surface area contributed by atoms with Gasteiger partial charge in [0.15, 0.2) is 0 Å². The number of halogens is 3. The van der Waals surface area contributed by atoms with E-state index in [0.717, 1.165) is 12.1 Å². The van der Waals surface area contributed by atoms with E-state index in [1.54, 1.807) is 27.7 Å².